The molecule has 104 valence electrons. The van der Waals surface area contributed by atoms with Crippen LogP contribution >= 0.6 is 0 Å². The zero-order valence-corrected chi connectivity index (χ0v) is 11.4. The van der Waals surface area contributed by atoms with Gasteiger partial charge in [-0.15, -0.1) is 0 Å². The Bertz CT molecular complexity index is 703. The molecule has 21 heavy (non-hydrogen) atoms. The fourth-order valence-electron chi connectivity index (χ4n) is 1.85. The number of Topliss-reactive ketones (excluding diaryl/α,β-unsaturated/α-hetero) is 1. The topological polar surface area (TPSA) is 75.1 Å². The lowest BCUT2D eigenvalue weighted by atomic mass is 9.99. The Morgan fingerprint density at radius 1 is 1.00 bits per heavy atom. The van der Waals surface area contributed by atoms with E-state index in [1.807, 2.05) is 6.07 Å². The van der Waals surface area contributed by atoms with Gasteiger partial charge in [-0.1, -0.05) is 65.8 Å². The van der Waals surface area contributed by atoms with E-state index >= 15 is 0 Å². The van der Waals surface area contributed by atoms with Crippen LogP contribution in [0.15, 0.2) is 65.8 Å². The van der Waals surface area contributed by atoms with Crippen LogP contribution in [0.2, 0.25) is 0 Å². The summed E-state index contributed by atoms with van der Waals surface area (Å²) in [5, 5.41) is 3.82. The monoisotopic (exact) mass is 279 g/mol. The molecule has 0 saturated heterocycles. The molecule has 0 radical (unpaired) electrons. The van der Waals surface area contributed by atoms with Crippen LogP contribution in [0.4, 0.5) is 0 Å². The van der Waals surface area contributed by atoms with Crippen molar-refractivity contribution in [3.63, 3.8) is 0 Å². The van der Waals surface area contributed by atoms with Gasteiger partial charge >= 0.3 is 5.71 Å². The average molecular weight is 279 g/mol. The second-order valence-corrected chi connectivity index (χ2v) is 4.13. The number of carbonyl (C=O) groups excluding carboxylic acids is 1. The van der Waals surface area contributed by atoms with E-state index in [9.17, 15) is 10.3 Å². The lowest BCUT2D eigenvalue weighted by Crippen LogP contribution is -2.26. The SMILES string of the molecule is CON=C(C(=[N+]=[N-])C(=O)c1ccccc1)c1ccccc1. The number of carbonyl (C=O) groups is 1. The van der Waals surface area contributed by atoms with E-state index < -0.39 is 5.78 Å². The summed E-state index contributed by atoms with van der Waals surface area (Å²) in [7, 11) is 1.37. The molecule has 0 saturated carbocycles. The van der Waals surface area contributed by atoms with E-state index in [0.29, 0.717) is 11.1 Å². The van der Waals surface area contributed by atoms with Gasteiger partial charge in [-0.25, -0.2) is 0 Å². The summed E-state index contributed by atoms with van der Waals surface area (Å²) in [4.78, 5) is 20.3. The minimum Gasteiger partial charge on any atom is -0.398 e. The molecule has 2 rings (SSSR count). The summed E-state index contributed by atoms with van der Waals surface area (Å²) in [5.74, 6) is -0.433. The van der Waals surface area contributed by atoms with Crippen molar-refractivity contribution in [2.45, 2.75) is 0 Å². The Morgan fingerprint density at radius 2 is 1.52 bits per heavy atom. The van der Waals surface area contributed by atoms with Crippen LogP contribution in [0.3, 0.4) is 0 Å². The number of benzene rings is 2. The average Bonchev–Trinajstić information content (AvgIpc) is 2.56. The van der Waals surface area contributed by atoms with Crippen LogP contribution in [0, 0.1) is 0 Å². The molecule has 2 aromatic rings. The maximum absolute atomic E-state index is 12.4. The molecule has 0 aromatic heterocycles. The predicted molar refractivity (Wildman–Crippen MR) is 79.4 cm³/mol. The second kappa shape index (κ2) is 6.93. The van der Waals surface area contributed by atoms with E-state index in [4.69, 9.17) is 4.84 Å². The summed E-state index contributed by atoms with van der Waals surface area (Å²) in [5.41, 5.74) is 10.3. The lowest BCUT2D eigenvalue weighted by Gasteiger charge is -2.01. The van der Waals surface area contributed by atoms with Crippen molar-refractivity contribution < 1.29 is 14.4 Å². The first-order valence-electron chi connectivity index (χ1n) is 6.26. The number of hydrogen-bond acceptors (Lipinski definition) is 3. The second-order valence-electron chi connectivity index (χ2n) is 4.13. The van der Waals surface area contributed by atoms with Gasteiger partial charge in [-0.2, -0.15) is 4.79 Å². The van der Waals surface area contributed by atoms with Gasteiger partial charge in [0.2, 0.25) is 5.71 Å². The van der Waals surface area contributed by atoms with Crippen molar-refractivity contribution in [1.82, 2.24) is 0 Å². The number of oxime groups is 1. The maximum Gasteiger partial charge on any atom is 0.392 e. The molecular weight excluding hydrogens is 266 g/mol. The van der Waals surface area contributed by atoms with Gasteiger partial charge in [-0.05, 0) is 0 Å². The van der Waals surface area contributed by atoms with Crippen molar-refractivity contribution in [1.29, 1.82) is 0 Å². The zero-order chi connectivity index (χ0) is 15.1. The summed E-state index contributed by atoms with van der Waals surface area (Å²) >= 11 is 0. The molecule has 0 atom stereocenters. The molecule has 2 aromatic carbocycles. The van der Waals surface area contributed by atoms with E-state index in [1.54, 1.807) is 54.6 Å². The van der Waals surface area contributed by atoms with Gasteiger partial charge in [0.05, 0.1) is 0 Å². The largest absolute Gasteiger partial charge is 0.398 e. The molecule has 0 unspecified atom stereocenters. The van der Waals surface area contributed by atoms with E-state index in [-0.39, 0.29) is 11.4 Å². The molecule has 0 aliphatic carbocycles. The van der Waals surface area contributed by atoms with Gasteiger partial charge in [0, 0.05) is 11.1 Å². The molecule has 0 aliphatic rings. The van der Waals surface area contributed by atoms with Crippen LogP contribution in [0.5, 0.6) is 0 Å². The molecule has 0 aliphatic heterocycles. The van der Waals surface area contributed by atoms with Crippen LogP contribution in [0.1, 0.15) is 15.9 Å². The fraction of sp³-hybridized carbons (Fsp3) is 0.0625. The first-order chi connectivity index (χ1) is 10.3. The molecule has 0 amide bonds. The Labute approximate surface area is 122 Å². The van der Waals surface area contributed by atoms with E-state index in [2.05, 4.69) is 9.95 Å². The third-order valence-electron chi connectivity index (χ3n) is 2.81. The van der Waals surface area contributed by atoms with Crippen molar-refractivity contribution >= 4 is 17.2 Å². The van der Waals surface area contributed by atoms with Crippen molar-refractivity contribution in [3.8, 4) is 0 Å². The van der Waals surface area contributed by atoms with Crippen LogP contribution < -0.4 is 0 Å². The maximum atomic E-state index is 12.4. The Kier molecular flexibility index (Phi) is 4.75. The highest BCUT2D eigenvalue weighted by Crippen LogP contribution is 2.08. The molecule has 0 N–H and O–H groups in total. The fourth-order valence-corrected chi connectivity index (χ4v) is 1.85. The standard InChI is InChI=1S/C16H13N3O2/c1-21-19-14(12-8-4-2-5-9-12)15(18-17)16(20)13-10-6-3-7-11-13/h2-11H,1H3. The summed E-state index contributed by atoms with van der Waals surface area (Å²) in [6, 6.07) is 17.5. The van der Waals surface area contributed by atoms with Gasteiger partial charge in [0.25, 0.3) is 5.78 Å². The number of nitrogens with zero attached hydrogens (tertiary/aromatic N) is 3. The summed E-state index contributed by atoms with van der Waals surface area (Å²) in [6.45, 7) is 0. The number of hydrogen-bond donors (Lipinski definition) is 0. The molecule has 5 nitrogen and oxygen atoms in total. The highest BCUT2D eigenvalue weighted by Gasteiger charge is 2.30. The molecule has 0 fully saturated rings. The third kappa shape index (κ3) is 3.29. The normalized spacial score (nSPS) is 10.6. The Balaban J connectivity index is 2.46. The van der Waals surface area contributed by atoms with Gasteiger partial charge < -0.3 is 10.4 Å². The molecule has 0 spiro atoms. The lowest BCUT2D eigenvalue weighted by molar-refractivity contribution is -0.00292. The van der Waals surface area contributed by atoms with Crippen LogP contribution in [0.25, 0.3) is 5.53 Å². The molecule has 0 bridgehead atoms. The Morgan fingerprint density at radius 3 is 2.00 bits per heavy atom. The third-order valence-corrected chi connectivity index (χ3v) is 2.81. The molecule has 0 heterocycles. The van der Waals surface area contributed by atoms with Crippen molar-refractivity contribution in [3.05, 3.63) is 77.3 Å². The van der Waals surface area contributed by atoms with E-state index in [0.717, 1.165) is 0 Å². The predicted octanol–water partition coefficient (Wildman–Crippen LogP) is 2.59. The minimum atomic E-state index is -0.433. The highest BCUT2D eigenvalue weighted by atomic mass is 16.6. The van der Waals surface area contributed by atoms with Crippen molar-refractivity contribution in [2.75, 3.05) is 7.11 Å². The first kappa shape index (κ1) is 14.4. The summed E-state index contributed by atoms with van der Waals surface area (Å²) < 4.78 is 0. The quantitative estimate of drug-likeness (QED) is 0.277. The van der Waals surface area contributed by atoms with Gasteiger partial charge in [-0.3, -0.25) is 4.79 Å². The molecular formula is C16H13N3O2. The van der Waals surface area contributed by atoms with E-state index in [1.165, 1.54) is 7.11 Å². The summed E-state index contributed by atoms with van der Waals surface area (Å²) in [6.07, 6.45) is 0. The van der Waals surface area contributed by atoms with Crippen LogP contribution in [-0.4, -0.2) is 29.1 Å². The number of rotatable bonds is 5. The van der Waals surface area contributed by atoms with Gasteiger partial charge in [0.15, 0.2) is 0 Å². The minimum absolute atomic E-state index is 0.172. The highest BCUT2D eigenvalue weighted by molar-refractivity contribution is 6.71. The smallest absolute Gasteiger partial charge is 0.392 e. The first-order valence-corrected chi connectivity index (χ1v) is 6.26. The Hall–Kier alpha value is -3.04. The van der Waals surface area contributed by atoms with Crippen molar-refractivity contribution in [2.24, 2.45) is 5.16 Å². The number of ketones is 1. The molecule has 5 heteroatoms. The zero-order valence-electron chi connectivity index (χ0n) is 11.4. The van der Waals surface area contributed by atoms with Crippen LogP contribution in [-0.2, 0) is 4.84 Å². The van der Waals surface area contributed by atoms with Gasteiger partial charge in [0.1, 0.15) is 7.11 Å².